The Morgan fingerprint density at radius 3 is 1.41 bits per heavy atom. The zero-order valence-corrected chi connectivity index (χ0v) is 23.7. The monoisotopic (exact) mass is 472 g/mol. The van der Waals surface area contributed by atoms with Crippen LogP contribution in [0, 0.1) is 0 Å². The zero-order chi connectivity index (χ0) is 24.5. The molecule has 4 nitrogen and oxygen atoms in total. The summed E-state index contributed by atoms with van der Waals surface area (Å²) in [5, 5.41) is 0.0902. The Bertz CT molecular complexity index is 903. The van der Waals surface area contributed by atoms with Gasteiger partial charge in [-0.2, -0.15) is 0 Å². The van der Waals surface area contributed by atoms with Gasteiger partial charge in [0.1, 0.15) is 17.2 Å². The molecule has 0 bridgehead atoms. The molecule has 2 rings (SSSR count). The van der Waals surface area contributed by atoms with Crippen LogP contribution in [0.4, 0.5) is 0 Å². The molecule has 0 N–H and O–H groups in total. The van der Waals surface area contributed by atoms with Crippen molar-refractivity contribution >= 4 is 22.4 Å². The maximum atomic E-state index is 13.3. The van der Waals surface area contributed by atoms with E-state index in [1.54, 1.807) is 31.4 Å². The lowest BCUT2D eigenvalue weighted by Gasteiger charge is -2.38. The first-order chi connectivity index (χ1) is 14.5. The molecule has 0 fully saturated rings. The highest BCUT2D eigenvalue weighted by Gasteiger charge is 2.40. The van der Waals surface area contributed by atoms with E-state index in [9.17, 15) is 4.79 Å². The molecular weight excluding hydrogens is 432 g/mol. The summed E-state index contributed by atoms with van der Waals surface area (Å²) in [6, 6.07) is 12.8. The van der Waals surface area contributed by atoms with Crippen molar-refractivity contribution in [3.05, 3.63) is 53.6 Å². The number of hydrogen-bond acceptors (Lipinski definition) is 4. The van der Waals surface area contributed by atoms with Crippen molar-refractivity contribution < 1.29 is 18.4 Å². The summed E-state index contributed by atoms with van der Waals surface area (Å²) in [6.07, 6.45) is 0. The van der Waals surface area contributed by atoms with Crippen molar-refractivity contribution in [3.8, 4) is 17.2 Å². The highest BCUT2D eigenvalue weighted by molar-refractivity contribution is 6.75. The lowest BCUT2D eigenvalue weighted by Crippen LogP contribution is -2.44. The van der Waals surface area contributed by atoms with Gasteiger partial charge in [-0.15, -0.1) is 0 Å². The summed E-state index contributed by atoms with van der Waals surface area (Å²) in [5.41, 5.74) is 1.17. The van der Waals surface area contributed by atoms with Crippen LogP contribution in [0.1, 0.15) is 57.5 Å². The van der Waals surface area contributed by atoms with Crippen LogP contribution in [0.3, 0.4) is 0 Å². The Hall–Kier alpha value is -2.06. The minimum Gasteiger partial charge on any atom is -0.543 e. The van der Waals surface area contributed by atoms with Gasteiger partial charge >= 0.3 is 0 Å². The van der Waals surface area contributed by atoms with Crippen molar-refractivity contribution in [2.24, 2.45) is 0 Å². The van der Waals surface area contributed by atoms with E-state index in [0.29, 0.717) is 22.6 Å². The Balaban J connectivity index is 2.53. The lowest BCUT2D eigenvalue weighted by atomic mass is 10.0. The molecule has 0 saturated heterocycles. The second-order valence-corrected chi connectivity index (χ2v) is 20.9. The third kappa shape index (κ3) is 6.04. The Labute approximate surface area is 196 Å². The average Bonchev–Trinajstić information content (AvgIpc) is 2.64. The van der Waals surface area contributed by atoms with E-state index < -0.39 is 16.6 Å². The van der Waals surface area contributed by atoms with Gasteiger partial charge in [0, 0.05) is 17.2 Å². The van der Waals surface area contributed by atoms with Gasteiger partial charge < -0.3 is 13.6 Å². The maximum absolute atomic E-state index is 13.3. The van der Waals surface area contributed by atoms with Crippen LogP contribution in [0.2, 0.25) is 36.3 Å². The van der Waals surface area contributed by atoms with Crippen LogP contribution in [0.15, 0.2) is 42.5 Å². The summed E-state index contributed by atoms with van der Waals surface area (Å²) in [6.45, 7) is 22.1. The summed E-state index contributed by atoms with van der Waals surface area (Å²) in [7, 11) is -2.56. The molecule has 0 saturated carbocycles. The molecule has 176 valence electrons. The third-order valence-electron chi connectivity index (χ3n) is 6.85. The molecule has 6 heteroatoms. The summed E-state index contributed by atoms with van der Waals surface area (Å²) < 4.78 is 18.4. The van der Waals surface area contributed by atoms with Gasteiger partial charge in [-0.25, -0.2) is 0 Å². The molecule has 2 aromatic carbocycles. The van der Waals surface area contributed by atoms with E-state index in [-0.39, 0.29) is 15.9 Å². The molecule has 0 aromatic heterocycles. The van der Waals surface area contributed by atoms with Gasteiger partial charge in [0.2, 0.25) is 16.6 Å². The number of ether oxygens (including phenoxy) is 1. The van der Waals surface area contributed by atoms with Gasteiger partial charge in [0.05, 0.1) is 7.11 Å². The molecule has 0 aliphatic carbocycles. The topological polar surface area (TPSA) is 44.8 Å². The molecule has 0 aliphatic heterocycles. The standard InChI is InChI=1S/C26H40O4Si2/c1-25(2,3)31(8,9)29-22-16-20(24(27)19-12-14-21(28-7)15-13-19)17-23(18-22)30-32(10,11)26(4,5)6/h12-18H,1-11H3. The van der Waals surface area contributed by atoms with E-state index >= 15 is 0 Å². The zero-order valence-electron chi connectivity index (χ0n) is 21.7. The Morgan fingerprint density at radius 2 is 1.06 bits per heavy atom. The predicted octanol–water partition coefficient (Wildman–Crippen LogP) is 7.69. The second-order valence-electron chi connectivity index (χ2n) is 11.5. The van der Waals surface area contributed by atoms with Gasteiger partial charge in [0.25, 0.3) is 0 Å². The number of methoxy groups -OCH3 is 1. The number of ketones is 1. The molecule has 0 amide bonds. The summed E-state index contributed by atoms with van der Waals surface area (Å²) >= 11 is 0. The van der Waals surface area contributed by atoms with Crippen molar-refractivity contribution in [1.82, 2.24) is 0 Å². The molecule has 0 atom stereocenters. The van der Waals surface area contributed by atoms with E-state index in [4.69, 9.17) is 13.6 Å². The first kappa shape index (κ1) is 26.2. The van der Waals surface area contributed by atoms with Crippen molar-refractivity contribution in [2.75, 3.05) is 7.11 Å². The quantitative estimate of drug-likeness (QED) is 0.306. The van der Waals surface area contributed by atoms with E-state index in [0.717, 1.165) is 5.75 Å². The summed E-state index contributed by atoms with van der Waals surface area (Å²) in [4.78, 5) is 13.3. The lowest BCUT2D eigenvalue weighted by molar-refractivity contribution is 0.103. The molecule has 0 radical (unpaired) electrons. The molecule has 0 heterocycles. The number of benzene rings is 2. The van der Waals surface area contributed by atoms with Gasteiger partial charge in [-0.1, -0.05) is 41.5 Å². The second kappa shape index (κ2) is 9.06. The predicted molar refractivity (Wildman–Crippen MR) is 139 cm³/mol. The van der Waals surface area contributed by atoms with Crippen LogP contribution >= 0.6 is 0 Å². The number of rotatable bonds is 7. The Kier molecular flexibility index (Phi) is 7.42. The fourth-order valence-corrected chi connectivity index (χ4v) is 4.65. The van der Waals surface area contributed by atoms with Crippen molar-refractivity contribution in [3.63, 3.8) is 0 Å². The SMILES string of the molecule is COc1ccc(C(=O)c2cc(O[Si](C)(C)C(C)(C)C)cc(O[Si](C)(C)C(C)(C)C)c2)cc1. The van der Waals surface area contributed by atoms with Gasteiger partial charge in [-0.05, 0) is 72.7 Å². The van der Waals surface area contributed by atoms with Crippen molar-refractivity contribution in [1.29, 1.82) is 0 Å². The normalized spacial score (nSPS) is 13.0. The highest BCUT2D eigenvalue weighted by Crippen LogP contribution is 2.41. The average molecular weight is 473 g/mol. The van der Waals surface area contributed by atoms with Crippen LogP contribution < -0.4 is 13.6 Å². The maximum Gasteiger partial charge on any atom is 0.250 e. The van der Waals surface area contributed by atoms with Crippen LogP contribution in [-0.2, 0) is 0 Å². The fourth-order valence-electron chi connectivity index (χ4n) is 2.63. The van der Waals surface area contributed by atoms with Crippen molar-refractivity contribution in [2.45, 2.75) is 77.8 Å². The van der Waals surface area contributed by atoms with Gasteiger partial charge in [0.15, 0.2) is 5.78 Å². The highest BCUT2D eigenvalue weighted by atomic mass is 28.4. The number of hydrogen-bond donors (Lipinski definition) is 0. The first-order valence-corrected chi connectivity index (χ1v) is 17.0. The minimum absolute atomic E-state index is 0.0451. The van der Waals surface area contributed by atoms with E-state index in [2.05, 4.69) is 67.7 Å². The smallest absolute Gasteiger partial charge is 0.250 e. The van der Waals surface area contributed by atoms with Crippen LogP contribution in [-0.4, -0.2) is 29.5 Å². The molecule has 0 aliphatic rings. The first-order valence-electron chi connectivity index (χ1n) is 11.2. The number of carbonyl (C=O) groups is 1. The summed E-state index contributed by atoms with van der Waals surface area (Å²) in [5.74, 6) is 2.06. The minimum atomic E-state index is -2.09. The molecule has 2 aromatic rings. The van der Waals surface area contributed by atoms with E-state index in [1.165, 1.54) is 0 Å². The fraction of sp³-hybridized carbons (Fsp3) is 0.500. The Morgan fingerprint density at radius 1 is 0.656 bits per heavy atom. The number of carbonyl (C=O) groups excluding carboxylic acids is 1. The third-order valence-corrected chi connectivity index (χ3v) is 15.6. The van der Waals surface area contributed by atoms with Crippen LogP contribution in [0.25, 0.3) is 0 Å². The molecular formula is C26H40O4Si2. The molecule has 32 heavy (non-hydrogen) atoms. The molecule has 0 unspecified atom stereocenters. The van der Waals surface area contributed by atoms with Crippen LogP contribution in [0.5, 0.6) is 17.2 Å². The largest absolute Gasteiger partial charge is 0.543 e. The van der Waals surface area contributed by atoms with Gasteiger partial charge in [-0.3, -0.25) is 4.79 Å². The van der Waals surface area contributed by atoms with E-state index in [1.807, 2.05) is 18.2 Å². The molecule has 0 spiro atoms.